The first kappa shape index (κ1) is 57.6. The fraction of sp³-hybridized carbons (Fsp3) is 0.0725. The molecule has 0 saturated heterocycles. The highest BCUT2D eigenvalue weighted by Gasteiger charge is 3.03. The van der Waals surface area contributed by atoms with Gasteiger partial charge in [0.1, 0.15) is 51.7 Å². The number of rotatable bonds is 20. The number of halogens is 7. The van der Waals surface area contributed by atoms with E-state index in [0.29, 0.717) is 51.0 Å². The van der Waals surface area contributed by atoms with Crippen LogP contribution in [-0.2, 0) is 9.84 Å². The molecule has 1 aliphatic carbocycles. The zero-order valence-corrected chi connectivity index (χ0v) is 46.0. The number of alkyl halides is 6. The van der Waals surface area contributed by atoms with Gasteiger partial charge in [0.2, 0.25) is 9.84 Å². The third kappa shape index (κ3) is 11.4. The third-order valence-electron chi connectivity index (χ3n) is 14.1. The van der Waals surface area contributed by atoms with E-state index in [1.807, 2.05) is 60.7 Å². The largest absolute Gasteiger partial charge is 0.497 e. The van der Waals surface area contributed by atoms with Gasteiger partial charge >= 0.3 is 29.6 Å². The number of hydrogen-bond donors (Lipinski definition) is 0. The van der Waals surface area contributed by atoms with Crippen LogP contribution in [0.1, 0.15) is 5.56 Å². The van der Waals surface area contributed by atoms with Crippen molar-refractivity contribution < 1.29 is 72.3 Å². The van der Waals surface area contributed by atoms with Gasteiger partial charge in [-0.05, 0) is 184 Å². The van der Waals surface area contributed by atoms with Gasteiger partial charge in [-0.15, -0.1) is 0 Å². The molecule has 0 amide bonds. The zero-order valence-electron chi connectivity index (χ0n) is 45.2. The lowest BCUT2D eigenvalue weighted by atomic mass is 9.76. The highest BCUT2D eigenvalue weighted by atomic mass is 32.2. The fourth-order valence-electron chi connectivity index (χ4n) is 9.26. The molecule has 0 N–H and O–H groups in total. The first-order valence-electron chi connectivity index (χ1n) is 26.4. The number of ether oxygens (including phenoxy) is 7. The Labute approximate surface area is 489 Å². The summed E-state index contributed by atoms with van der Waals surface area (Å²) in [6, 6.07) is 62.8. The molecule has 0 heterocycles. The maximum Gasteiger partial charge on any atom is 0.395 e. The summed E-state index contributed by atoms with van der Waals surface area (Å²) in [6.45, 7) is 3.68. The van der Waals surface area contributed by atoms with Crippen LogP contribution in [0.5, 0.6) is 51.7 Å². The van der Waals surface area contributed by atoms with E-state index in [1.54, 1.807) is 98.1 Å². The molecule has 0 radical (unpaired) electrons. The van der Waals surface area contributed by atoms with Crippen molar-refractivity contribution in [2.75, 3.05) is 7.11 Å². The Bertz CT molecular complexity index is 4150. The second-order valence-electron chi connectivity index (χ2n) is 19.5. The average Bonchev–Trinajstić information content (AvgIpc) is 0.660. The van der Waals surface area contributed by atoms with Gasteiger partial charge in [0.25, 0.3) is 0 Å². The van der Waals surface area contributed by atoms with Gasteiger partial charge in [0, 0.05) is 0 Å². The van der Waals surface area contributed by atoms with E-state index in [0.717, 1.165) is 64.1 Å². The molecule has 10 aromatic rings. The van der Waals surface area contributed by atoms with E-state index in [9.17, 15) is 30.4 Å². The Morgan fingerprint density at radius 3 is 0.953 bits per heavy atom. The minimum atomic E-state index is -5.63. The molecule has 0 spiro atoms. The molecule has 0 bridgehead atoms. The lowest BCUT2D eigenvalue weighted by molar-refractivity contribution is -0.527. The molecule has 1 fully saturated rings. The van der Waals surface area contributed by atoms with Crippen LogP contribution < -0.4 is 33.2 Å². The molecule has 1 saturated carbocycles. The van der Waals surface area contributed by atoms with Crippen molar-refractivity contribution in [3.63, 3.8) is 0 Å². The van der Waals surface area contributed by atoms with Gasteiger partial charge in [-0.25, -0.2) is 8.42 Å². The van der Waals surface area contributed by atoms with Crippen molar-refractivity contribution in [1.82, 2.24) is 0 Å². The maximum atomic E-state index is 16.0. The molecule has 0 aliphatic heterocycles. The summed E-state index contributed by atoms with van der Waals surface area (Å²) in [5, 5.41) is 0. The number of sulfone groups is 1. The Balaban J connectivity index is 0.640. The summed E-state index contributed by atoms with van der Waals surface area (Å²) in [5.41, 5.74) is 6.66. The lowest BCUT2D eigenvalue weighted by Crippen LogP contribution is -2.89. The van der Waals surface area contributed by atoms with Crippen molar-refractivity contribution >= 4 is 15.9 Å². The van der Waals surface area contributed by atoms with Gasteiger partial charge in [-0.1, -0.05) is 122 Å². The minimum Gasteiger partial charge on any atom is -0.497 e. The Morgan fingerprint density at radius 1 is 0.372 bits per heavy atom. The van der Waals surface area contributed by atoms with E-state index >= 15 is 8.78 Å². The smallest absolute Gasteiger partial charge is 0.395 e. The predicted molar refractivity (Wildman–Crippen MR) is 312 cm³/mol. The van der Waals surface area contributed by atoms with Crippen LogP contribution in [0.3, 0.4) is 0 Å². The van der Waals surface area contributed by atoms with Crippen LogP contribution in [0.25, 0.3) is 50.6 Å². The van der Waals surface area contributed by atoms with E-state index in [2.05, 4.69) is 16.1 Å². The normalized spacial score (nSPS) is 16.9. The standard InChI is InChI=1S/C69H47F7O9S/c1-3-45-4-6-46(7-5-45)52-18-32-61(33-19-52)84-68(75)66(71,72)67(73,74)69(68,76)85-62-34-20-53(21-35-62)51-16-30-60(31-17-51)83-65(70)44-80-55-24-10-48(11-25-55)50-14-28-57(29-15-50)82-59-38-42-64(43-39-59)86(77,78)63-40-36-58(37-41-63)81-56-26-12-49(13-27-56)47-8-22-54(79-2)23-9-47/h3-44H,1H2,2H3. The maximum absolute atomic E-state index is 16.0. The fourth-order valence-corrected chi connectivity index (χ4v) is 10.5. The second-order valence-corrected chi connectivity index (χ2v) is 21.5. The molecule has 432 valence electrons. The van der Waals surface area contributed by atoms with E-state index in [-0.39, 0.29) is 15.5 Å². The molecule has 10 aromatic carbocycles. The number of hydrogen-bond acceptors (Lipinski definition) is 9. The molecule has 11 rings (SSSR count). The first-order valence-corrected chi connectivity index (χ1v) is 27.8. The lowest BCUT2D eigenvalue weighted by Gasteiger charge is -2.55. The van der Waals surface area contributed by atoms with Crippen molar-refractivity contribution in [3.8, 4) is 96.3 Å². The number of methoxy groups -OCH3 is 1. The van der Waals surface area contributed by atoms with E-state index in [1.165, 1.54) is 72.8 Å². The first-order chi connectivity index (χ1) is 41.3. The van der Waals surface area contributed by atoms with Gasteiger partial charge in [-0.2, -0.15) is 30.7 Å². The van der Waals surface area contributed by atoms with Crippen molar-refractivity contribution in [1.29, 1.82) is 0 Å². The van der Waals surface area contributed by atoms with E-state index < -0.39 is 50.9 Å². The monoisotopic (exact) mass is 1180 g/mol. The van der Waals surface area contributed by atoms with E-state index in [4.69, 9.17) is 23.7 Å². The summed E-state index contributed by atoms with van der Waals surface area (Å²) in [5.74, 6) is -19.3. The second kappa shape index (κ2) is 23.4. The van der Waals surface area contributed by atoms with Crippen LogP contribution in [0.2, 0.25) is 0 Å². The van der Waals surface area contributed by atoms with Crippen LogP contribution in [0.4, 0.5) is 30.7 Å². The zero-order chi connectivity index (χ0) is 60.3. The summed E-state index contributed by atoms with van der Waals surface area (Å²) >= 11 is 0. The number of benzene rings is 10. The van der Waals surface area contributed by atoms with Crippen LogP contribution in [0.15, 0.2) is 271 Å². The summed E-state index contributed by atoms with van der Waals surface area (Å²) < 4.78 is 170. The molecule has 2 unspecified atom stereocenters. The Hall–Kier alpha value is -10.3. The van der Waals surface area contributed by atoms with Gasteiger partial charge in [0.15, 0.2) is 6.26 Å². The summed E-state index contributed by atoms with van der Waals surface area (Å²) in [4.78, 5) is 0.190. The van der Waals surface area contributed by atoms with Gasteiger partial charge in [0.05, 0.1) is 16.9 Å². The molecule has 86 heavy (non-hydrogen) atoms. The Kier molecular flexibility index (Phi) is 15.7. The van der Waals surface area contributed by atoms with Gasteiger partial charge in [-0.3, -0.25) is 0 Å². The average molecular weight is 1190 g/mol. The van der Waals surface area contributed by atoms with Crippen LogP contribution in [-0.4, -0.2) is 39.1 Å². The van der Waals surface area contributed by atoms with Gasteiger partial charge < -0.3 is 33.2 Å². The Morgan fingerprint density at radius 2 is 0.640 bits per heavy atom. The third-order valence-corrected chi connectivity index (χ3v) is 15.9. The highest BCUT2D eigenvalue weighted by molar-refractivity contribution is 7.91. The van der Waals surface area contributed by atoms with Crippen molar-refractivity contribution in [2.24, 2.45) is 0 Å². The SMILES string of the molecule is C=Cc1ccc(-c2ccc(OC3(F)C(F)(F)C(F)(F)C3(F)Oc3ccc(-c4ccc(OC(F)=COc5ccc(-c6ccc(Oc7ccc(S(=O)(=O)c8ccc(Oc9ccc(-c%10ccc(OC)cc%10)cc9)cc8)cc7)cc6)cc5)cc4)cc3)cc2)cc1. The molecule has 1 aliphatic rings. The predicted octanol–water partition coefficient (Wildman–Crippen LogP) is 18.7. The molecular formula is C69H47F7O9S. The van der Waals surface area contributed by atoms with Crippen molar-refractivity contribution in [2.45, 2.75) is 33.3 Å². The minimum absolute atomic E-state index is 0.0666. The highest BCUT2D eigenvalue weighted by Crippen LogP contribution is 2.68. The molecule has 0 aromatic heterocycles. The molecule has 17 heteroatoms. The molecule has 2 atom stereocenters. The molecular weight excluding hydrogens is 1140 g/mol. The summed E-state index contributed by atoms with van der Waals surface area (Å²) in [6.07, 6.45) is 2.40. The quantitative estimate of drug-likeness (QED) is 0.0546. The summed E-state index contributed by atoms with van der Waals surface area (Å²) in [7, 11) is -2.23. The molecule has 9 nitrogen and oxygen atoms in total. The topological polar surface area (TPSA) is 98.8 Å². The van der Waals surface area contributed by atoms with Crippen molar-refractivity contribution in [3.05, 3.63) is 267 Å². The van der Waals surface area contributed by atoms with Crippen LogP contribution in [0, 0.1) is 0 Å². The van der Waals surface area contributed by atoms with Crippen LogP contribution >= 0.6 is 0 Å².